The lowest BCUT2D eigenvalue weighted by molar-refractivity contribution is 0.0694. The number of aromatic nitrogens is 3. The quantitative estimate of drug-likeness (QED) is 0.790. The molecule has 0 aliphatic heterocycles. The molecule has 0 saturated heterocycles. The average molecular weight is 269 g/mol. The molecule has 0 fully saturated rings. The molecule has 0 atom stereocenters. The Morgan fingerprint density at radius 2 is 2.05 bits per heavy atom. The number of benzene rings is 1. The van der Waals surface area contributed by atoms with Crippen LogP contribution in [0.5, 0.6) is 11.6 Å². The zero-order valence-electron chi connectivity index (χ0n) is 10.6. The second-order valence-electron chi connectivity index (χ2n) is 4.24. The predicted octanol–water partition coefficient (Wildman–Crippen LogP) is 2.46. The van der Waals surface area contributed by atoms with Gasteiger partial charge < -0.3 is 14.4 Å². The van der Waals surface area contributed by atoms with Crippen molar-refractivity contribution in [2.75, 3.05) is 0 Å². The highest BCUT2D eigenvalue weighted by atomic mass is 16.5. The van der Waals surface area contributed by atoms with Gasteiger partial charge in [-0.25, -0.2) is 14.8 Å². The van der Waals surface area contributed by atoms with Crippen LogP contribution in [0, 0.1) is 0 Å². The van der Waals surface area contributed by atoms with Crippen LogP contribution in [0.2, 0.25) is 0 Å². The summed E-state index contributed by atoms with van der Waals surface area (Å²) in [7, 11) is 1.87. The van der Waals surface area contributed by atoms with Gasteiger partial charge in [0.15, 0.2) is 5.52 Å². The summed E-state index contributed by atoms with van der Waals surface area (Å²) >= 11 is 0. The third-order valence-corrected chi connectivity index (χ3v) is 2.93. The second kappa shape index (κ2) is 4.65. The maximum absolute atomic E-state index is 11.2. The first-order valence-corrected chi connectivity index (χ1v) is 5.93. The van der Waals surface area contributed by atoms with Gasteiger partial charge in [0.1, 0.15) is 11.3 Å². The first kappa shape index (κ1) is 12.2. The summed E-state index contributed by atoms with van der Waals surface area (Å²) in [6, 6.07) is 8.24. The number of pyridine rings is 1. The van der Waals surface area contributed by atoms with Crippen LogP contribution in [0.1, 0.15) is 10.4 Å². The fourth-order valence-corrected chi connectivity index (χ4v) is 1.95. The number of aryl methyl sites for hydroxylation is 1. The minimum atomic E-state index is -1.05. The molecule has 0 aliphatic carbocycles. The molecule has 3 aromatic rings. The van der Waals surface area contributed by atoms with E-state index in [0.29, 0.717) is 5.52 Å². The van der Waals surface area contributed by atoms with Crippen LogP contribution in [0.15, 0.2) is 42.9 Å². The third kappa shape index (κ3) is 1.97. The monoisotopic (exact) mass is 269 g/mol. The number of carbonyl (C=O) groups is 1. The SMILES string of the molecule is Cn1cnc2c(Oc3ccccc3C(=O)O)nccc21. The molecule has 6 heteroatoms. The highest BCUT2D eigenvalue weighted by Gasteiger charge is 2.14. The topological polar surface area (TPSA) is 77.2 Å². The molecule has 0 bridgehead atoms. The van der Waals surface area contributed by atoms with Crippen molar-refractivity contribution in [3.8, 4) is 11.6 Å². The number of carboxylic acids is 1. The van der Waals surface area contributed by atoms with E-state index in [0.717, 1.165) is 5.52 Å². The Hall–Kier alpha value is -2.89. The molecule has 2 aromatic heterocycles. The minimum Gasteiger partial charge on any atom is -0.478 e. The molecule has 0 amide bonds. The standard InChI is InChI=1S/C14H11N3O3/c1-17-8-16-12-10(17)6-7-15-13(12)20-11-5-3-2-4-9(11)14(18)19/h2-8H,1H3,(H,18,19). The van der Waals surface area contributed by atoms with Crippen molar-refractivity contribution in [3.05, 3.63) is 48.4 Å². The smallest absolute Gasteiger partial charge is 0.339 e. The van der Waals surface area contributed by atoms with Crippen LogP contribution in [0.25, 0.3) is 11.0 Å². The Balaban J connectivity index is 2.08. The average Bonchev–Trinajstić information content (AvgIpc) is 2.82. The van der Waals surface area contributed by atoms with E-state index in [4.69, 9.17) is 9.84 Å². The lowest BCUT2D eigenvalue weighted by atomic mass is 10.2. The number of carboxylic acid groups (broad SMARTS) is 1. The van der Waals surface area contributed by atoms with Crippen molar-refractivity contribution in [2.45, 2.75) is 0 Å². The van der Waals surface area contributed by atoms with Crippen LogP contribution in [-0.4, -0.2) is 25.6 Å². The van der Waals surface area contributed by atoms with Crippen molar-refractivity contribution in [3.63, 3.8) is 0 Å². The minimum absolute atomic E-state index is 0.0854. The number of fused-ring (bicyclic) bond motifs is 1. The Labute approximate surface area is 114 Å². The van der Waals surface area contributed by atoms with Gasteiger partial charge in [0.2, 0.25) is 5.88 Å². The van der Waals surface area contributed by atoms with E-state index in [1.54, 1.807) is 30.7 Å². The maximum Gasteiger partial charge on any atom is 0.339 e. The molecule has 0 unspecified atom stereocenters. The zero-order chi connectivity index (χ0) is 14.1. The van der Waals surface area contributed by atoms with Gasteiger partial charge in [-0.15, -0.1) is 0 Å². The number of hydrogen-bond donors (Lipinski definition) is 1. The summed E-state index contributed by atoms with van der Waals surface area (Å²) in [5.41, 5.74) is 1.54. The lowest BCUT2D eigenvalue weighted by Gasteiger charge is -2.07. The molecule has 6 nitrogen and oxygen atoms in total. The van der Waals surface area contributed by atoms with Gasteiger partial charge in [-0.05, 0) is 18.2 Å². The maximum atomic E-state index is 11.2. The normalized spacial score (nSPS) is 10.7. The number of imidazole rings is 1. The van der Waals surface area contributed by atoms with Gasteiger partial charge in [0.25, 0.3) is 0 Å². The van der Waals surface area contributed by atoms with Crippen molar-refractivity contribution in [2.24, 2.45) is 7.05 Å². The third-order valence-electron chi connectivity index (χ3n) is 2.93. The Kier molecular flexibility index (Phi) is 2.83. The number of nitrogens with zero attached hydrogens (tertiary/aromatic N) is 3. The molecule has 20 heavy (non-hydrogen) atoms. The van der Waals surface area contributed by atoms with Gasteiger partial charge >= 0.3 is 5.97 Å². The summed E-state index contributed by atoms with van der Waals surface area (Å²) < 4.78 is 7.47. The number of aromatic carboxylic acids is 1. The molecule has 1 aromatic carbocycles. The van der Waals surface area contributed by atoms with Crippen molar-refractivity contribution >= 4 is 17.0 Å². The van der Waals surface area contributed by atoms with Crippen molar-refractivity contribution in [1.82, 2.24) is 14.5 Å². The van der Waals surface area contributed by atoms with Crippen molar-refractivity contribution < 1.29 is 14.6 Å². The molecule has 0 aliphatic rings. The fraction of sp³-hybridized carbons (Fsp3) is 0.0714. The highest BCUT2D eigenvalue weighted by Crippen LogP contribution is 2.28. The number of hydrogen-bond acceptors (Lipinski definition) is 4. The van der Waals surface area contributed by atoms with E-state index in [-0.39, 0.29) is 17.2 Å². The molecule has 0 spiro atoms. The lowest BCUT2D eigenvalue weighted by Crippen LogP contribution is -2.00. The van der Waals surface area contributed by atoms with E-state index < -0.39 is 5.97 Å². The van der Waals surface area contributed by atoms with Crippen LogP contribution in [0.4, 0.5) is 0 Å². The number of para-hydroxylation sites is 1. The fourth-order valence-electron chi connectivity index (χ4n) is 1.95. The summed E-state index contributed by atoms with van der Waals surface area (Å²) in [5.74, 6) is -0.517. The molecule has 0 radical (unpaired) electrons. The van der Waals surface area contributed by atoms with Crippen molar-refractivity contribution in [1.29, 1.82) is 0 Å². The van der Waals surface area contributed by atoms with Gasteiger partial charge in [-0.2, -0.15) is 0 Å². The van der Waals surface area contributed by atoms with E-state index in [2.05, 4.69) is 9.97 Å². The van der Waals surface area contributed by atoms with E-state index in [1.165, 1.54) is 6.07 Å². The molecule has 0 saturated carbocycles. The largest absolute Gasteiger partial charge is 0.478 e. The molecule has 3 rings (SSSR count). The van der Waals surface area contributed by atoms with Gasteiger partial charge in [-0.3, -0.25) is 0 Å². The second-order valence-corrected chi connectivity index (χ2v) is 4.24. The molecule has 100 valence electrons. The van der Waals surface area contributed by atoms with E-state index >= 15 is 0 Å². The van der Waals surface area contributed by atoms with Gasteiger partial charge in [0, 0.05) is 13.2 Å². The first-order chi connectivity index (χ1) is 9.66. The van der Waals surface area contributed by atoms with Crippen LogP contribution >= 0.6 is 0 Å². The summed E-state index contributed by atoms with van der Waals surface area (Å²) in [6.45, 7) is 0. The van der Waals surface area contributed by atoms with Crippen LogP contribution in [-0.2, 0) is 7.05 Å². The molecule has 1 N–H and O–H groups in total. The molecular formula is C14H11N3O3. The van der Waals surface area contributed by atoms with Gasteiger partial charge in [-0.1, -0.05) is 12.1 Å². The number of rotatable bonds is 3. The summed E-state index contributed by atoms with van der Waals surface area (Å²) in [4.78, 5) is 19.5. The first-order valence-electron chi connectivity index (χ1n) is 5.93. The van der Waals surface area contributed by atoms with E-state index in [9.17, 15) is 4.79 Å². The predicted molar refractivity (Wildman–Crippen MR) is 72.0 cm³/mol. The van der Waals surface area contributed by atoms with Gasteiger partial charge in [0.05, 0.1) is 11.8 Å². The zero-order valence-corrected chi connectivity index (χ0v) is 10.6. The summed E-state index contributed by atoms with van der Waals surface area (Å²) in [5, 5.41) is 9.14. The Bertz CT molecular complexity index is 795. The Morgan fingerprint density at radius 3 is 2.85 bits per heavy atom. The Morgan fingerprint density at radius 1 is 1.25 bits per heavy atom. The highest BCUT2D eigenvalue weighted by molar-refractivity contribution is 5.91. The molecule has 2 heterocycles. The van der Waals surface area contributed by atoms with Crippen LogP contribution in [0.3, 0.4) is 0 Å². The van der Waals surface area contributed by atoms with E-state index in [1.807, 2.05) is 17.7 Å². The van der Waals surface area contributed by atoms with Crippen LogP contribution < -0.4 is 4.74 Å². The number of ether oxygens (including phenoxy) is 1. The summed E-state index contributed by atoms with van der Waals surface area (Å²) in [6.07, 6.45) is 3.25. The molecular weight excluding hydrogens is 258 g/mol.